The van der Waals surface area contributed by atoms with Gasteiger partial charge in [0.25, 0.3) is 5.91 Å². The zero-order valence-corrected chi connectivity index (χ0v) is 10.7. The van der Waals surface area contributed by atoms with E-state index in [1.54, 1.807) is 24.5 Å². The third-order valence-corrected chi connectivity index (χ3v) is 2.84. The molecule has 0 saturated carbocycles. The molecule has 0 spiro atoms. The normalized spacial score (nSPS) is 12.1. The Bertz CT molecular complexity index is 564. The maximum Gasteiger partial charge on any atom is 0.250 e. The Morgan fingerprint density at radius 1 is 1.37 bits per heavy atom. The molecule has 2 rings (SSSR count). The number of para-hydroxylation sites is 1. The second-order valence-corrected chi connectivity index (χ2v) is 4.46. The van der Waals surface area contributed by atoms with Gasteiger partial charge in [-0.3, -0.25) is 4.79 Å². The van der Waals surface area contributed by atoms with Crippen LogP contribution in [0.15, 0.2) is 41.0 Å². The Labute approximate surface area is 111 Å². The van der Waals surface area contributed by atoms with Crippen molar-refractivity contribution in [2.75, 3.05) is 11.1 Å². The fraction of sp³-hybridized carbons (Fsp3) is 0.214. The van der Waals surface area contributed by atoms with Crippen molar-refractivity contribution in [2.45, 2.75) is 19.4 Å². The minimum atomic E-state index is -0.500. The highest BCUT2D eigenvalue weighted by molar-refractivity contribution is 6.01. The molecule has 1 unspecified atom stereocenters. The zero-order chi connectivity index (χ0) is 13.8. The van der Waals surface area contributed by atoms with Crippen molar-refractivity contribution in [1.29, 1.82) is 0 Å². The Hall–Kier alpha value is -2.43. The molecule has 1 amide bonds. The predicted octanol–water partition coefficient (Wildman–Crippen LogP) is 2.00. The first-order chi connectivity index (χ1) is 9.08. The summed E-state index contributed by atoms with van der Waals surface area (Å²) in [5.41, 5.74) is 12.7. The Balaban J connectivity index is 2.16. The van der Waals surface area contributed by atoms with Crippen LogP contribution < -0.4 is 16.8 Å². The summed E-state index contributed by atoms with van der Waals surface area (Å²) in [5.74, 6) is 0.370. The van der Waals surface area contributed by atoms with Crippen molar-refractivity contribution in [3.05, 3.63) is 47.9 Å². The van der Waals surface area contributed by atoms with Gasteiger partial charge < -0.3 is 21.2 Å². The largest absolute Gasteiger partial charge is 0.469 e. The SMILES string of the molecule is CC(Cc1ccco1)Nc1c(N)cccc1C(N)=O. The summed E-state index contributed by atoms with van der Waals surface area (Å²) in [4.78, 5) is 11.4. The average Bonchev–Trinajstić information content (AvgIpc) is 2.84. The molecule has 1 aromatic carbocycles. The monoisotopic (exact) mass is 259 g/mol. The molecule has 0 radical (unpaired) electrons. The van der Waals surface area contributed by atoms with E-state index in [0.29, 0.717) is 23.4 Å². The number of carbonyl (C=O) groups excluding carboxylic acids is 1. The van der Waals surface area contributed by atoms with Gasteiger partial charge in [0.15, 0.2) is 0 Å². The lowest BCUT2D eigenvalue weighted by molar-refractivity contribution is 0.100. The predicted molar refractivity (Wildman–Crippen MR) is 74.9 cm³/mol. The number of furan rings is 1. The molecule has 5 nitrogen and oxygen atoms in total. The molecule has 0 saturated heterocycles. The molecule has 5 N–H and O–H groups in total. The highest BCUT2D eigenvalue weighted by atomic mass is 16.3. The fourth-order valence-corrected chi connectivity index (χ4v) is 1.96. The number of hydrogen-bond acceptors (Lipinski definition) is 4. The van der Waals surface area contributed by atoms with Crippen LogP contribution in [0.4, 0.5) is 11.4 Å². The van der Waals surface area contributed by atoms with Gasteiger partial charge >= 0.3 is 0 Å². The average molecular weight is 259 g/mol. The number of nitrogens with two attached hydrogens (primary N) is 2. The lowest BCUT2D eigenvalue weighted by Gasteiger charge is -2.18. The fourth-order valence-electron chi connectivity index (χ4n) is 1.96. The number of rotatable bonds is 5. The summed E-state index contributed by atoms with van der Waals surface area (Å²) in [5, 5.41) is 3.21. The second kappa shape index (κ2) is 5.48. The van der Waals surface area contributed by atoms with E-state index in [1.807, 2.05) is 19.1 Å². The van der Waals surface area contributed by atoms with Crippen LogP contribution in [0, 0.1) is 0 Å². The van der Waals surface area contributed by atoms with Crippen LogP contribution in [-0.2, 0) is 6.42 Å². The smallest absolute Gasteiger partial charge is 0.250 e. The summed E-state index contributed by atoms with van der Waals surface area (Å²) in [6.07, 6.45) is 2.33. The van der Waals surface area contributed by atoms with E-state index in [0.717, 1.165) is 5.76 Å². The Morgan fingerprint density at radius 2 is 2.16 bits per heavy atom. The van der Waals surface area contributed by atoms with Gasteiger partial charge in [-0.1, -0.05) is 6.07 Å². The van der Waals surface area contributed by atoms with Crippen LogP contribution in [0.5, 0.6) is 0 Å². The van der Waals surface area contributed by atoms with Gasteiger partial charge in [-0.05, 0) is 31.2 Å². The highest BCUT2D eigenvalue weighted by Crippen LogP contribution is 2.24. The van der Waals surface area contributed by atoms with Gasteiger partial charge in [-0.25, -0.2) is 0 Å². The van der Waals surface area contributed by atoms with Crippen LogP contribution in [0.25, 0.3) is 0 Å². The maximum absolute atomic E-state index is 11.4. The van der Waals surface area contributed by atoms with Crippen LogP contribution in [-0.4, -0.2) is 11.9 Å². The number of hydrogen-bond donors (Lipinski definition) is 3. The molecule has 0 aliphatic rings. The molecule has 0 bridgehead atoms. The topological polar surface area (TPSA) is 94.3 Å². The van der Waals surface area contributed by atoms with Gasteiger partial charge in [0.05, 0.1) is 23.2 Å². The Kier molecular flexibility index (Phi) is 3.75. The van der Waals surface area contributed by atoms with E-state index in [1.165, 1.54) is 0 Å². The molecular weight excluding hydrogens is 242 g/mol. The summed E-state index contributed by atoms with van der Waals surface area (Å²) in [7, 11) is 0. The summed E-state index contributed by atoms with van der Waals surface area (Å²) in [6, 6.07) is 8.90. The Morgan fingerprint density at radius 3 is 2.79 bits per heavy atom. The first kappa shape index (κ1) is 13.0. The zero-order valence-electron chi connectivity index (χ0n) is 10.7. The number of nitrogen functional groups attached to an aromatic ring is 1. The van der Waals surface area contributed by atoms with Gasteiger partial charge in [0, 0.05) is 12.5 Å². The minimum Gasteiger partial charge on any atom is -0.469 e. The van der Waals surface area contributed by atoms with Gasteiger partial charge in [0.1, 0.15) is 5.76 Å². The van der Waals surface area contributed by atoms with E-state index in [-0.39, 0.29) is 6.04 Å². The number of benzene rings is 1. The third-order valence-electron chi connectivity index (χ3n) is 2.84. The lowest BCUT2D eigenvalue weighted by atomic mass is 10.1. The molecule has 0 aliphatic carbocycles. The van der Waals surface area contributed by atoms with E-state index in [9.17, 15) is 4.79 Å². The molecule has 2 aromatic rings. The van der Waals surface area contributed by atoms with E-state index < -0.39 is 5.91 Å². The van der Waals surface area contributed by atoms with Gasteiger partial charge in [0.2, 0.25) is 0 Å². The van der Waals surface area contributed by atoms with Crippen molar-refractivity contribution in [3.63, 3.8) is 0 Å². The van der Waals surface area contributed by atoms with E-state index >= 15 is 0 Å². The lowest BCUT2D eigenvalue weighted by Crippen LogP contribution is -2.22. The number of nitrogens with one attached hydrogen (secondary N) is 1. The molecule has 1 heterocycles. The second-order valence-electron chi connectivity index (χ2n) is 4.46. The molecule has 5 heteroatoms. The van der Waals surface area contributed by atoms with Crippen LogP contribution in [0.1, 0.15) is 23.0 Å². The van der Waals surface area contributed by atoms with Crippen LogP contribution >= 0.6 is 0 Å². The van der Waals surface area contributed by atoms with E-state index in [4.69, 9.17) is 15.9 Å². The summed E-state index contributed by atoms with van der Waals surface area (Å²) < 4.78 is 5.29. The summed E-state index contributed by atoms with van der Waals surface area (Å²) >= 11 is 0. The number of anilines is 2. The van der Waals surface area contributed by atoms with Crippen molar-refractivity contribution < 1.29 is 9.21 Å². The molecule has 1 aromatic heterocycles. The molecule has 100 valence electrons. The van der Waals surface area contributed by atoms with Gasteiger partial charge in [-0.2, -0.15) is 0 Å². The molecular formula is C14H17N3O2. The van der Waals surface area contributed by atoms with Crippen molar-refractivity contribution in [2.24, 2.45) is 5.73 Å². The quantitative estimate of drug-likeness (QED) is 0.716. The molecule has 19 heavy (non-hydrogen) atoms. The molecule has 0 fully saturated rings. The van der Waals surface area contributed by atoms with Crippen LogP contribution in [0.2, 0.25) is 0 Å². The third kappa shape index (κ3) is 3.07. The number of primary amides is 1. The van der Waals surface area contributed by atoms with Crippen molar-refractivity contribution in [3.8, 4) is 0 Å². The first-order valence-corrected chi connectivity index (χ1v) is 6.05. The highest BCUT2D eigenvalue weighted by Gasteiger charge is 2.14. The summed E-state index contributed by atoms with van der Waals surface area (Å²) in [6.45, 7) is 1.99. The maximum atomic E-state index is 11.4. The number of amides is 1. The molecule has 1 atom stereocenters. The van der Waals surface area contributed by atoms with Gasteiger partial charge in [-0.15, -0.1) is 0 Å². The van der Waals surface area contributed by atoms with Crippen molar-refractivity contribution in [1.82, 2.24) is 0 Å². The van der Waals surface area contributed by atoms with E-state index in [2.05, 4.69) is 5.32 Å². The first-order valence-electron chi connectivity index (χ1n) is 6.05. The minimum absolute atomic E-state index is 0.0638. The van der Waals surface area contributed by atoms with Crippen LogP contribution in [0.3, 0.4) is 0 Å². The molecule has 0 aliphatic heterocycles. The van der Waals surface area contributed by atoms with Crippen molar-refractivity contribution >= 4 is 17.3 Å². The number of carbonyl (C=O) groups is 1. The standard InChI is InChI=1S/C14H17N3O2/c1-9(8-10-4-3-7-19-10)17-13-11(14(16)18)5-2-6-12(13)15/h2-7,9,17H,8,15H2,1H3,(H2,16,18).